The first-order chi connectivity index (χ1) is 6.05. The molecule has 2 unspecified atom stereocenters. The van der Waals surface area contributed by atoms with E-state index in [9.17, 15) is 0 Å². The maximum atomic E-state index is 6.19. The standard InChI is InChI=1S/C10H19ClOS/c1-10(2,12-3)5-4-8-6-13-7-9(8)11/h8-9H,4-7H2,1-3H3. The van der Waals surface area contributed by atoms with Gasteiger partial charge in [0.05, 0.1) is 5.60 Å². The molecule has 0 aromatic carbocycles. The molecule has 0 bridgehead atoms. The third-order valence-corrected chi connectivity index (χ3v) is 4.74. The van der Waals surface area contributed by atoms with Crippen molar-refractivity contribution in [2.75, 3.05) is 18.6 Å². The Hall–Kier alpha value is 0.600. The summed E-state index contributed by atoms with van der Waals surface area (Å²) in [5.74, 6) is 3.05. The van der Waals surface area contributed by atoms with Gasteiger partial charge in [0.2, 0.25) is 0 Å². The molecule has 1 rings (SSSR count). The molecule has 0 aliphatic carbocycles. The Morgan fingerprint density at radius 2 is 2.15 bits per heavy atom. The van der Waals surface area contributed by atoms with Gasteiger partial charge in [-0.05, 0) is 38.4 Å². The molecule has 1 nitrogen and oxygen atoms in total. The molecule has 78 valence electrons. The highest BCUT2D eigenvalue weighted by Gasteiger charge is 2.28. The quantitative estimate of drug-likeness (QED) is 0.676. The van der Waals surface area contributed by atoms with Crippen molar-refractivity contribution in [3.05, 3.63) is 0 Å². The molecule has 0 N–H and O–H groups in total. The van der Waals surface area contributed by atoms with Crippen LogP contribution in [0.2, 0.25) is 0 Å². The second-order valence-corrected chi connectivity index (χ2v) is 5.95. The molecule has 0 aromatic rings. The van der Waals surface area contributed by atoms with Gasteiger partial charge >= 0.3 is 0 Å². The summed E-state index contributed by atoms with van der Waals surface area (Å²) in [5.41, 5.74) is 0.0177. The first-order valence-electron chi connectivity index (χ1n) is 4.82. The average Bonchev–Trinajstić information content (AvgIpc) is 2.48. The van der Waals surface area contributed by atoms with E-state index in [0.717, 1.165) is 12.2 Å². The lowest BCUT2D eigenvalue weighted by atomic mass is 9.94. The summed E-state index contributed by atoms with van der Waals surface area (Å²) in [6.45, 7) is 4.27. The van der Waals surface area contributed by atoms with Gasteiger partial charge in [-0.2, -0.15) is 11.8 Å². The zero-order valence-electron chi connectivity index (χ0n) is 8.68. The molecule has 1 heterocycles. The average molecular weight is 223 g/mol. The van der Waals surface area contributed by atoms with Crippen molar-refractivity contribution in [1.29, 1.82) is 0 Å². The fourth-order valence-corrected chi connectivity index (χ4v) is 3.39. The van der Waals surface area contributed by atoms with Gasteiger partial charge < -0.3 is 4.74 Å². The van der Waals surface area contributed by atoms with Crippen LogP contribution >= 0.6 is 23.4 Å². The van der Waals surface area contributed by atoms with Crippen LogP contribution in [-0.4, -0.2) is 29.6 Å². The third kappa shape index (κ3) is 3.69. The van der Waals surface area contributed by atoms with E-state index in [2.05, 4.69) is 13.8 Å². The number of halogens is 1. The van der Waals surface area contributed by atoms with Crippen LogP contribution < -0.4 is 0 Å². The Morgan fingerprint density at radius 3 is 2.62 bits per heavy atom. The SMILES string of the molecule is COC(C)(C)CCC1CSCC1Cl. The van der Waals surface area contributed by atoms with Crippen molar-refractivity contribution in [2.45, 2.75) is 37.7 Å². The van der Waals surface area contributed by atoms with Gasteiger partial charge in [-0.25, -0.2) is 0 Å². The minimum atomic E-state index is 0.0177. The molecule has 1 saturated heterocycles. The van der Waals surface area contributed by atoms with E-state index >= 15 is 0 Å². The maximum Gasteiger partial charge on any atom is 0.0622 e. The van der Waals surface area contributed by atoms with Crippen LogP contribution in [0.15, 0.2) is 0 Å². The zero-order chi connectivity index (χ0) is 9.90. The predicted molar refractivity (Wildman–Crippen MR) is 60.8 cm³/mol. The lowest BCUT2D eigenvalue weighted by Gasteiger charge is -2.25. The molecular formula is C10H19ClOS. The van der Waals surface area contributed by atoms with E-state index in [1.54, 1.807) is 7.11 Å². The van der Waals surface area contributed by atoms with Crippen LogP contribution in [0, 0.1) is 5.92 Å². The molecule has 13 heavy (non-hydrogen) atoms. The van der Waals surface area contributed by atoms with Crippen molar-refractivity contribution >= 4 is 23.4 Å². The summed E-state index contributed by atoms with van der Waals surface area (Å²) in [6.07, 6.45) is 2.31. The van der Waals surface area contributed by atoms with Crippen LogP contribution in [0.25, 0.3) is 0 Å². The Bertz CT molecular complexity index is 161. The van der Waals surface area contributed by atoms with Crippen LogP contribution in [0.1, 0.15) is 26.7 Å². The van der Waals surface area contributed by atoms with Gasteiger partial charge in [0.1, 0.15) is 0 Å². The smallest absolute Gasteiger partial charge is 0.0622 e. The Labute approximate surface area is 90.6 Å². The van der Waals surface area contributed by atoms with Gasteiger partial charge in [-0.1, -0.05) is 0 Å². The summed E-state index contributed by atoms with van der Waals surface area (Å²) in [4.78, 5) is 0. The number of rotatable bonds is 4. The van der Waals surface area contributed by atoms with Gasteiger partial charge in [0.25, 0.3) is 0 Å². The number of hydrogen-bond donors (Lipinski definition) is 0. The highest BCUT2D eigenvalue weighted by atomic mass is 35.5. The van der Waals surface area contributed by atoms with Crippen molar-refractivity contribution in [1.82, 2.24) is 0 Å². The third-order valence-electron chi connectivity index (χ3n) is 2.79. The minimum absolute atomic E-state index is 0.0177. The summed E-state index contributed by atoms with van der Waals surface area (Å²) in [6, 6.07) is 0. The van der Waals surface area contributed by atoms with Crippen molar-refractivity contribution in [3.63, 3.8) is 0 Å². The number of alkyl halides is 1. The van der Waals surface area contributed by atoms with Gasteiger partial charge in [0.15, 0.2) is 0 Å². The molecule has 0 aromatic heterocycles. The molecule has 3 heteroatoms. The Balaban J connectivity index is 2.25. The Morgan fingerprint density at radius 1 is 1.46 bits per heavy atom. The number of thioether (sulfide) groups is 1. The molecule has 1 aliphatic rings. The second kappa shape index (κ2) is 4.90. The van der Waals surface area contributed by atoms with E-state index < -0.39 is 0 Å². The topological polar surface area (TPSA) is 9.23 Å². The van der Waals surface area contributed by atoms with E-state index in [4.69, 9.17) is 16.3 Å². The normalized spacial score (nSPS) is 29.5. The van der Waals surface area contributed by atoms with Crippen LogP contribution in [0.5, 0.6) is 0 Å². The van der Waals surface area contributed by atoms with Crippen LogP contribution in [-0.2, 0) is 4.74 Å². The largest absolute Gasteiger partial charge is 0.379 e. The first-order valence-corrected chi connectivity index (χ1v) is 6.41. The highest BCUT2D eigenvalue weighted by Crippen LogP contribution is 2.33. The lowest BCUT2D eigenvalue weighted by Crippen LogP contribution is -2.25. The predicted octanol–water partition coefficient (Wildman–Crippen LogP) is 3.16. The molecule has 0 spiro atoms. The van der Waals surface area contributed by atoms with Crippen molar-refractivity contribution in [2.24, 2.45) is 5.92 Å². The highest BCUT2D eigenvalue weighted by molar-refractivity contribution is 7.99. The van der Waals surface area contributed by atoms with Crippen molar-refractivity contribution < 1.29 is 4.74 Å². The minimum Gasteiger partial charge on any atom is -0.379 e. The van der Waals surface area contributed by atoms with Gasteiger partial charge in [-0.3, -0.25) is 0 Å². The van der Waals surface area contributed by atoms with E-state index in [-0.39, 0.29) is 5.60 Å². The number of methoxy groups -OCH3 is 1. The molecule has 2 atom stereocenters. The number of hydrogen-bond acceptors (Lipinski definition) is 2. The maximum absolute atomic E-state index is 6.19. The zero-order valence-corrected chi connectivity index (χ0v) is 10.3. The number of ether oxygens (including phenoxy) is 1. The molecule has 0 saturated carbocycles. The molecule has 1 fully saturated rings. The summed E-state index contributed by atoms with van der Waals surface area (Å²) in [7, 11) is 1.78. The fraction of sp³-hybridized carbons (Fsp3) is 1.00. The van der Waals surface area contributed by atoms with E-state index in [1.165, 1.54) is 12.2 Å². The molecule has 1 aliphatic heterocycles. The lowest BCUT2D eigenvalue weighted by molar-refractivity contribution is 0.0112. The Kier molecular flexibility index (Phi) is 4.40. The molecule has 0 amide bonds. The van der Waals surface area contributed by atoms with Crippen LogP contribution in [0.4, 0.5) is 0 Å². The molecule has 0 radical (unpaired) electrons. The summed E-state index contributed by atoms with van der Waals surface area (Å²) >= 11 is 8.16. The second-order valence-electron chi connectivity index (χ2n) is 4.32. The van der Waals surface area contributed by atoms with E-state index in [0.29, 0.717) is 11.3 Å². The van der Waals surface area contributed by atoms with Gasteiger partial charge in [-0.15, -0.1) is 11.6 Å². The van der Waals surface area contributed by atoms with Gasteiger partial charge in [0, 0.05) is 18.2 Å². The van der Waals surface area contributed by atoms with Crippen molar-refractivity contribution in [3.8, 4) is 0 Å². The van der Waals surface area contributed by atoms with Crippen LogP contribution in [0.3, 0.4) is 0 Å². The summed E-state index contributed by atoms with van der Waals surface area (Å²) in [5, 5.41) is 0.387. The monoisotopic (exact) mass is 222 g/mol. The van der Waals surface area contributed by atoms with E-state index in [1.807, 2.05) is 11.8 Å². The molecular weight excluding hydrogens is 204 g/mol. The summed E-state index contributed by atoms with van der Waals surface area (Å²) < 4.78 is 5.38. The fourth-order valence-electron chi connectivity index (χ4n) is 1.47. The first kappa shape index (κ1) is 11.7.